The van der Waals surface area contributed by atoms with Gasteiger partial charge in [-0.1, -0.05) is 24.4 Å². The number of carbonyl (C=O) groups excluding carboxylic acids is 1. The molecule has 0 bridgehead atoms. The van der Waals surface area contributed by atoms with Crippen LogP contribution >= 0.6 is 22.9 Å². The molecule has 0 aliphatic heterocycles. The molecule has 16 heavy (non-hydrogen) atoms. The lowest BCUT2D eigenvalue weighted by molar-refractivity contribution is 0.0842. The van der Waals surface area contributed by atoms with Crippen LogP contribution in [0, 0.1) is 0 Å². The van der Waals surface area contributed by atoms with Gasteiger partial charge in [-0.2, -0.15) is 0 Å². The van der Waals surface area contributed by atoms with E-state index in [0.29, 0.717) is 9.21 Å². The van der Waals surface area contributed by atoms with Crippen molar-refractivity contribution in [3.8, 4) is 0 Å². The van der Waals surface area contributed by atoms with Crippen LogP contribution in [-0.2, 0) is 0 Å². The normalized spacial score (nSPS) is 18.6. The number of hydrogen-bond donors (Lipinski definition) is 2. The Morgan fingerprint density at radius 1 is 1.50 bits per heavy atom. The zero-order valence-corrected chi connectivity index (χ0v) is 10.4. The Morgan fingerprint density at radius 3 is 2.69 bits per heavy atom. The van der Waals surface area contributed by atoms with Crippen LogP contribution in [0.4, 0.5) is 0 Å². The maximum atomic E-state index is 11.9. The molecule has 3 nitrogen and oxygen atoms in total. The third-order valence-electron chi connectivity index (χ3n) is 3.04. The first-order valence-corrected chi connectivity index (χ1v) is 6.53. The molecule has 1 saturated carbocycles. The number of halogens is 1. The molecule has 1 aliphatic carbocycles. The van der Waals surface area contributed by atoms with E-state index in [4.69, 9.17) is 11.6 Å². The quantitative estimate of drug-likeness (QED) is 0.876. The second-order valence-electron chi connectivity index (χ2n) is 4.20. The van der Waals surface area contributed by atoms with Crippen molar-refractivity contribution in [1.29, 1.82) is 0 Å². The van der Waals surface area contributed by atoms with Crippen LogP contribution in [0.15, 0.2) is 12.1 Å². The highest BCUT2D eigenvalue weighted by molar-refractivity contribution is 7.18. The standard InChI is InChI=1S/C11H14ClNO2S/c12-9-4-3-8(16-9)10(15)13-11(7-14)5-1-2-6-11/h3-4,14H,1-2,5-7H2,(H,13,15). The van der Waals surface area contributed by atoms with E-state index < -0.39 is 5.54 Å². The van der Waals surface area contributed by atoms with Gasteiger partial charge in [-0.3, -0.25) is 4.79 Å². The van der Waals surface area contributed by atoms with Gasteiger partial charge in [-0.05, 0) is 25.0 Å². The van der Waals surface area contributed by atoms with E-state index in [9.17, 15) is 9.90 Å². The highest BCUT2D eigenvalue weighted by Crippen LogP contribution is 2.30. The lowest BCUT2D eigenvalue weighted by Crippen LogP contribution is -2.49. The average Bonchev–Trinajstić information content (AvgIpc) is 2.88. The molecule has 2 rings (SSSR count). The molecule has 1 aromatic rings. The summed E-state index contributed by atoms with van der Waals surface area (Å²) >= 11 is 7.04. The van der Waals surface area contributed by atoms with Gasteiger partial charge >= 0.3 is 0 Å². The fourth-order valence-electron chi connectivity index (χ4n) is 2.11. The van der Waals surface area contributed by atoms with E-state index in [1.165, 1.54) is 11.3 Å². The molecular weight excluding hydrogens is 246 g/mol. The minimum atomic E-state index is -0.409. The van der Waals surface area contributed by atoms with Gasteiger partial charge in [0.1, 0.15) is 0 Å². The molecular formula is C11H14ClNO2S. The van der Waals surface area contributed by atoms with E-state index in [2.05, 4.69) is 5.32 Å². The number of hydrogen-bond acceptors (Lipinski definition) is 3. The summed E-state index contributed by atoms with van der Waals surface area (Å²) in [5, 5.41) is 12.3. The van der Waals surface area contributed by atoms with Crippen LogP contribution in [-0.4, -0.2) is 23.2 Å². The van der Waals surface area contributed by atoms with Crippen molar-refractivity contribution in [2.75, 3.05) is 6.61 Å². The maximum Gasteiger partial charge on any atom is 0.261 e. The molecule has 0 radical (unpaired) electrons. The summed E-state index contributed by atoms with van der Waals surface area (Å²) in [6, 6.07) is 3.42. The molecule has 5 heteroatoms. The Kier molecular flexibility index (Phi) is 3.52. The summed E-state index contributed by atoms with van der Waals surface area (Å²) in [6.07, 6.45) is 3.83. The van der Waals surface area contributed by atoms with Gasteiger partial charge in [-0.15, -0.1) is 11.3 Å². The fraction of sp³-hybridized carbons (Fsp3) is 0.545. The van der Waals surface area contributed by atoms with Crippen LogP contribution in [0.25, 0.3) is 0 Å². The average molecular weight is 260 g/mol. The van der Waals surface area contributed by atoms with Crippen LogP contribution in [0.5, 0.6) is 0 Å². The minimum absolute atomic E-state index is 0.0118. The van der Waals surface area contributed by atoms with E-state index in [1.54, 1.807) is 12.1 Å². The Hall–Kier alpha value is -0.580. The number of aliphatic hydroxyl groups is 1. The largest absolute Gasteiger partial charge is 0.394 e. The van der Waals surface area contributed by atoms with Crippen molar-refractivity contribution < 1.29 is 9.90 Å². The number of rotatable bonds is 3. The summed E-state index contributed by atoms with van der Waals surface area (Å²) < 4.78 is 0.606. The SMILES string of the molecule is O=C(NC1(CO)CCCC1)c1ccc(Cl)s1. The first-order chi connectivity index (χ1) is 7.65. The van der Waals surface area contributed by atoms with E-state index in [1.807, 2.05) is 0 Å². The highest BCUT2D eigenvalue weighted by atomic mass is 35.5. The molecule has 0 aromatic carbocycles. The van der Waals surface area contributed by atoms with Gasteiger partial charge in [0.05, 0.1) is 21.4 Å². The van der Waals surface area contributed by atoms with Gasteiger partial charge in [0.15, 0.2) is 0 Å². The maximum absolute atomic E-state index is 11.9. The minimum Gasteiger partial charge on any atom is -0.394 e. The highest BCUT2D eigenvalue weighted by Gasteiger charge is 2.35. The van der Waals surface area contributed by atoms with E-state index in [-0.39, 0.29) is 12.5 Å². The van der Waals surface area contributed by atoms with Gasteiger partial charge in [0, 0.05) is 0 Å². The molecule has 0 unspecified atom stereocenters. The molecule has 1 heterocycles. The second-order valence-corrected chi connectivity index (χ2v) is 5.92. The molecule has 1 aromatic heterocycles. The Bertz CT molecular complexity index is 385. The fourth-order valence-corrected chi connectivity index (χ4v) is 3.05. The molecule has 1 aliphatic rings. The Balaban J connectivity index is 2.06. The topological polar surface area (TPSA) is 49.3 Å². The van der Waals surface area contributed by atoms with Crippen molar-refractivity contribution in [3.05, 3.63) is 21.3 Å². The van der Waals surface area contributed by atoms with Crippen LogP contribution in [0.1, 0.15) is 35.4 Å². The van der Waals surface area contributed by atoms with Crippen molar-refractivity contribution >= 4 is 28.8 Å². The van der Waals surface area contributed by atoms with Crippen molar-refractivity contribution in [2.45, 2.75) is 31.2 Å². The van der Waals surface area contributed by atoms with E-state index >= 15 is 0 Å². The summed E-state index contributed by atoms with van der Waals surface area (Å²) in [5.41, 5.74) is -0.409. The first kappa shape index (κ1) is 11.9. The van der Waals surface area contributed by atoms with Crippen molar-refractivity contribution in [1.82, 2.24) is 5.32 Å². The molecule has 88 valence electrons. The summed E-state index contributed by atoms with van der Waals surface area (Å²) in [6.45, 7) is 0.0118. The lowest BCUT2D eigenvalue weighted by Gasteiger charge is -2.27. The molecule has 0 spiro atoms. The van der Waals surface area contributed by atoms with Crippen molar-refractivity contribution in [3.63, 3.8) is 0 Å². The molecule has 0 atom stereocenters. The number of amides is 1. The smallest absolute Gasteiger partial charge is 0.261 e. The van der Waals surface area contributed by atoms with Crippen molar-refractivity contribution in [2.24, 2.45) is 0 Å². The number of nitrogens with one attached hydrogen (secondary N) is 1. The first-order valence-electron chi connectivity index (χ1n) is 5.34. The van der Waals surface area contributed by atoms with Crippen LogP contribution in [0.2, 0.25) is 4.34 Å². The summed E-state index contributed by atoms with van der Waals surface area (Å²) in [5.74, 6) is -0.132. The Labute approximate surface area is 103 Å². The molecule has 0 saturated heterocycles. The van der Waals surface area contributed by atoms with Gasteiger partial charge < -0.3 is 10.4 Å². The van der Waals surface area contributed by atoms with Gasteiger partial charge in [-0.25, -0.2) is 0 Å². The monoisotopic (exact) mass is 259 g/mol. The van der Waals surface area contributed by atoms with Gasteiger partial charge in [0.25, 0.3) is 5.91 Å². The second kappa shape index (κ2) is 4.73. The summed E-state index contributed by atoms with van der Waals surface area (Å²) in [7, 11) is 0. The zero-order chi connectivity index (χ0) is 11.6. The zero-order valence-electron chi connectivity index (χ0n) is 8.83. The predicted octanol–water partition coefficient (Wildman–Crippen LogP) is 2.44. The Morgan fingerprint density at radius 2 is 2.19 bits per heavy atom. The molecule has 1 fully saturated rings. The predicted molar refractivity (Wildman–Crippen MR) is 65.1 cm³/mol. The van der Waals surface area contributed by atoms with Gasteiger partial charge in [0.2, 0.25) is 0 Å². The summed E-state index contributed by atoms with van der Waals surface area (Å²) in [4.78, 5) is 12.5. The molecule has 2 N–H and O–H groups in total. The van der Waals surface area contributed by atoms with Crippen LogP contribution < -0.4 is 5.32 Å². The lowest BCUT2D eigenvalue weighted by atomic mass is 9.99. The number of carbonyl (C=O) groups is 1. The van der Waals surface area contributed by atoms with Crippen LogP contribution in [0.3, 0.4) is 0 Å². The third-order valence-corrected chi connectivity index (χ3v) is 4.27. The third kappa shape index (κ3) is 2.39. The number of thiophene rings is 1. The molecule has 1 amide bonds. The van der Waals surface area contributed by atoms with E-state index in [0.717, 1.165) is 25.7 Å². The number of aliphatic hydroxyl groups excluding tert-OH is 1.